The van der Waals surface area contributed by atoms with E-state index >= 15 is 0 Å². The maximum absolute atomic E-state index is 5.21. The third kappa shape index (κ3) is 2.25. The van der Waals surface area contributed by atoms with Crippen molar-refractivity contribution in [3.05, 3.63) is 41.6 Å². The largest absolute Gasteiger partial charge is 0.378 e. The van der Waals surface area contributed by atoms with Crippen LogP contribution in [0.15, 0.2) is 34.9 Å². The smallest absolute Gasteiger partial charge is 0.167 e. The highest BCUT2D eigenvalue weighted by Crippen LogP contribution is 2.20. The Bertz CT molecular complexity index is 431. The second kappa shape index (κ2) is 4.28. The van der Waals surface area contributed by atoms with Gasteiger partial charge in [-0.05, 0) is 6.92 Å². The maximum Gasteiger partial charge on any atom is 0.167 e. The fraction of sp³-hybridized carbons (Fsp3) is 0.250. The average molecular weight is 203 g/mol. The van der Waals surface area contributed by atoms with Crippen LogP contribution in [-0.4, -0.2) is 12.3 Å². The number of aromatic nitrogens is 1. The molecule has 0 N–H and O–H groups in total. The predicted molar refractivity (Wildman–Crippen MR) is 57.4 cm³/mol. The molecule has 0 unspecified atom stereocenters. The number of ether oxygens (including phenoxy) is 1. The first-order chi connectivity index (χ1) is 7.29. The second-order valence-electron chi connectivity index (χ2n) is 3.48. The molecule has 0 amide bonds. The zero-order valence-corrected chi connectivity index (χ0v) is 8.86. The lowest BCUT2D eigenvalue weighted by atomic mass is 10.1. The van der Waals surface area contributed by atoms with Gasteiger partial charge in [0.05, 0.1) is 6.61 Å². The van der Waals surface area contributed by atoms with Crippen molar-refractivity contribution < 1.29 is 9.26 Å². The fourth-order valence-corrected chi connectivity index (χ4v) is 1.38. The molecule has 1 heterocycles. The molecule has 0 spiro atoms. The minimum atomic E-state index is 0.482. The average Bonchev–Trinajstić information content (AvgIpc) is 2.68. The topological polar surface area (TPSA) is 35.3 Å². The number of aryl methyl sites for hydroxylation is 1. The first kappa shape index (κ1) is 9.93. The van der Waals surface area contributed by atoms with Gasteiger partial charge in [-0.2, -0.15) is 0 Å². The molecule has 0 atom stereocenters. The van der Waals surface area contributed by atoms with Crippen LogP contribution in [0, 0.1) is 6.92 Å². The van der Waals surface area contributed by atoms with Crippen molar-refractivity contribution in [2.24, 2.45) is 0 Å². The van der Waals surface area contributed by atoms with Crippen LogP contribution in [-0.2, 0) is 11.3 Å². The van der Waals surface area contributed by atoms with E-state index in [1.807, 2.05) is 30.3 Å². The molecule has 1 aromatic heterocycles. The quantitative estimate of drug-likeness (QED) is 0.769. The van der Waals surface area contributed by atoms with Gasteiger partial charge in [0.25, 0.3) is 0 Å². The van der Waals surface area contributed by atoms with E-state index < -0.39 is 0 Å². The molecule has 1 aromatic carbocycles. The van der Waals surface area contributed by atoms with Gasteiger partial charge in [0, 0.05) is 18.7 Å². The third-order valence-electron chi connectivity index (χ3n) is 2.19. The number of hydrogen-bond donors (Lipinski definition) is 0. The Labute approximate surface area is 88.7 Å². The summed E-state index contributed by atoms with van der Waals surface area (Å²) >= 11 is 0. The predicted octanol–water partition coefficient (Wildman–Crippen LogP) is 2.80. The van der Waals surface area contributed by atoms with E-state index in [0.29, 0.717) is 6.61 Å². The number of hydrogen-bond acceptors (Lipinski definition) is 3. The number of nitrogens with zero attached hydrogens (tertiary/aromatic N) is 1. The molecule has 0 radical (unpaired) electrons. The standard InChI is InChI=1S/C12H13NO2/c1-9-3-5-10(6-4-9)12-7-11(8-14-2)13-15-12/h3-7H,8H2,1-2H3. The van der Waals surface area contributed by atoms with Gasteiger partial charge in [0.15, 0.2) is 5.76 Å². The molecule has 3 heteroatoms. The normalized spacial score (nSPS) is 10.5. The van der Waals surface area contributed by atoms with Crippen LogP contribution in [0.2, 0.25) is 0 Å². The highest BCUT2D eigenvalue weighted by molar-refractivity contribution is 5.57. The number of benzene rings is 1. The molecule has 0 aliphatic carbocycles. The van der Waals surface area contributed by atoms with Crippen molar-refractivity contribution in [1.82, 2.24) is 5.16 Å². The SMILES string of the molecule is COCc1cc(-c2ccc(C)cc2)on1. The molecule has 0 aliphatic rings. The van der Waals surface area contributed by atoms with Crippen LogP contribution in [0.3, 0.4) is 0 Å². The van der Waals surface area contributed by atoms with Gasteiger partial charge in [-0.15, -0.1) is 0 Å². The first-order valence-corrected chi connectivity index (χ1v) is 4.81. The Morgan fingerprint density at radius 2 is 2.00 bits per heavy atom. The van der Waals surface area contributed by atoms with E-state index in [-0.39, 0.29) is 0 Å². The Morgan fingerprint density at radius 3 is 2.67 bits per heavy atom. The molecule has 0 fully saturated rings. The van der Waals surface area contributed by atoms with E-state index in [4.69, 9.17) is 9.26 Å². The molecule has 2 rings (SSSR count). The lowest BCUT2D eigenvalue weighted by Gasteiger charge is -1.95. The van der Waals surface area contributed by atoms with Crippen molar-refractivity contribution in [2.45, 2.75) is 13.5 Å². The molecule has 0 bridgehead atoms. The Balaban J connectivity index is 2.25. The minimum absolute atomic E-state index is 0.482. The van der Waals surface area contributed by atoms with E-state index in [2.05, 4.69) is 12.1 Å². The van der Waals surface area contributed by atoms with Crippen LogP contribution >= 0.6 is 0 Å². The number of methoxy groups -OCH3 is 1. The van der Waals surface area contributed by atoms with Crippen LogP contribution in [0.1, 0.15) is 11.3 Å². The van der Waals surface area contributed by atoms with Crippen molar-refractivity contribution in [1.29, 1.82) is 0 Å². The summed E-state index contributed by atoms with van der Waals surface area (Å²) in [5.74, 6) is 0.780. The van der Waals surface area contributed by atoms with E-state index in [0.717, 1.165) is 17.0 Å². The Morgan fingerprint density at radius 1 is 1.27 bits per heavy atom. The summed E-state index contributed by atoms with van der Waals surface area (Å²) in [6, 6.07) is 10.0. The molecule has 0 saturated heterocycles. The van der Waals surface area contributed by atoms with Gasteiger partial charge in [0.2, 0.25) is 0 Å². The van der Waals surface area contributed by atoms with Crippen LogP contribution in [0.25, 0.3) is 11.3 Å². The van der Waals surface area contributed by atoms with Gasteiger partial charge in [-0.1, -0.05) is 35.0 Å². The van der Waals surface area contributed by atoms with Crippen molar-refractivity contribution >= 4 is 0 Å². The zero-order chi connectivity index (χ0) is 10.7. The van der Waals surface area contributed by atoms with E-state index in [9.17, 15) is 0 Å². The van der Waals surface area contributed by atoms with Gasteiger partial charge in [-0.3, -0.25) is 0 Å². The fourth-order valence-electron chi connectivity index (χ4n) is 1.38. The van der Waals surface area contributed by atoms with Crippen LogP contribution < -0.4 is 0 Å². The first-order valence-electron chi connectivity index (χ1n) is 4.81. The molecule has 2 aromatic rings. The molecule has 15 heavy (non-hydrogen) atoms. The van der Waals surface area contributed by atoms with Crippen molar-refractivity contribution in [2.75, 3.05) is 7.11 Å². The molecule has 0 aliphatic heterocycles. The summed E-state index contributed by atoms with van der Waals surface area (Å²) in [6.07, 6.45) is 0. The summed E-state index contributed by atoms with van der Waals surface area (Å²) in [4.78, 5) is 0. The molecule has 78 valence electrons. The number of rotatable bonds is 3. The molecular formula is C12H13NO2. The van der Waals surface area contributed by atoms with Crippen molar-refractivity contribution in [3.63, 3.8) is 0 Å². The van der Waals surface area contributed by atoms with Crippen LogP contribution in [0.5, 0.6) is 0 Å². The zero-order valence-electron chi connectivity index (χ0n) is 8.86. The van der Waals surface area contributed by atoms with Gasteiger partial charge < -0.3 is 9.26 Å². The van der Waals surface area contributed by atoms with Crippen LogP contribution in [0.4, 0.5) is 0 Å². The Hall–Kier alpha value is -1.61. The summed E-state index contributed by atoms with van der Waals surface area (Å²) in [5.41, 5.74) is 3.08. The minimum Gasteiger partial charge on any atom is -0.378 e. The van der Waals surface area contributed by atoms with Gasteiger partial charge >= 0.3 is 0 Å². The van der Waals surface area contributed by atoms with E-state index in [1.165, 1.54) is 5.56 Å². The Kier molecular flexibility index (Phi) is 2.83. The molecule has 0 saturated carbocycles. The lowest BCUT2D eigenvalue weighted by molar-refractivity contribution is 0.177. The third-order valence-corrected chi connectivity index (χ3v) is 2.19. The monoisotopic (exact) mass is 203 g/mol. The van der Waals surface area contributed by atoms with Crippen molar-refractivity contribution in [3.8, 4) is 11.3 Å². The summed E-state index contributed by atoms with van der Waals surface area (Å²) in [6.45, 7) is 2.54. The lowest BCUT2D eigenvalue weighted by Crippen LogP contribution is -1.84. The van der Waals surface area contributed by atoms with E-state index in [1.54, 1.807) is 7.11 Å². The maximum atomic E-state index is 5.21. The highest BCUT2D eigenvalue weighted by atomic mass is 16.5. The van der Waals surface area contributed by atoms with Gasteiger partial charge in [-0.25, -0.2) is 0 Å². The second-order valence-corrected chi connectivity index (χ2v) is 3.48. The molecular weight excluding hydrogens is 190 g/mol. The summed E-state index contributed by atoms with van der Waals surface area (Å²) in [5, 5.41) is 3.90. The molecule has 3 nitrogen and oxygen atoms in total. The summed E-state index contributed by atoms with van der Waals surface area (Å²) < 4.78 is 10.2. The highest BCUT2D eigenvalue weighted by Gasteiger charge is 2.05. The van der Waals surface area contributed by atoms with Gasteiger partial charge in [0.1, 0.15) is 5.69 Å². The summed E-state index contributed by atoms with van der Waals surface area (Å²) in [7, 11) is 1.64.